The van der Waals surface area contributed by atoms with Crippen LogP contribution in [-0.2, 0) is 20.8 Å². The summed E-state index contributed by atoms with van der Waals surface area (Å²) in [6, 6.07) is 30.7. The molecule has 6 nitrogen and oxygen atoms in total. The van der Waals surface area contributed by atoms with E-state index in [2.05, 4.69) is 0 Å². The average Bonchev–Trinajstić information content (AvgIpc) is 3.40. The van der Waals surface area contributed by atoms with Gasteiger partial charge in [-0.25, -0.2) is 0 Å². The molecule has 0 saturated heterocycles. The van der Waals surface area contributed by atoms with Gasteiger partial charge in [0.25, 0.3) is 0 Å². The number of hydrogen-bond acceptors (Lipinski definition) is 6. The Balaban J connectivity index is 1.61. The van der Waals surface area contributed by atoms with Gasteiger partial charge in [0.1, 0.15) is 23.0 Å². The van der Waals surface area contributed by atoms with E-state index < -0.39 is 11.2 Å². The molecule has 0 saturated carbocycles. The SMILES string of the molecule is CCC(=O)Oc1ccc2c(c1)OC1(c3ccccc3)c3ccc(OC(=O)CC)cc3OC21c1ccccc1. The number of carbonyl (C=O) groups excluding carboxylic acids is 2. The van der Waals surface area contributed by atoms with Crippen molar-refractivity contribution in [3.8, 4) is 23.0 Å². The first-order valence-electron chi connectivity index (χ1n) is 12.7. The molecule has 0 N–H and O–H groups in total. The maximum absolute atomic E-state index is 12.0. The smallest absolute Gasteiger partial charge is 0.310 e. The van der Waals surface area contributed by atoms with Crippen LogP contribution in [0.25, 0.3) is 0 Å². The number of benzene rings is 4. The first-order chi connectivity index (χ1) is 18.5. The quantitative estimate of drug-likeness (QED) is 0.226. The van der Waals surface area contributed by atoms with Crippen molar-refractivity contribution in [1.82, 2.24) is 0 Å². The number of esters is 2. The summed E-state index contributed by atoms with van der Waals surface area (Å²) in [6.07, 6.45) is 0.530. The Labute approximate surface area is 220 Å². The van der Waals surface area contributed by atoms with Crippen LogP contribution in [0.2, 0.25) is 0 Å². The van der Waals surface area contributed by atoms with Crippen LogP contribution in [0.4, 0.5) is 0 Å². The second-order valence-corrected chi connectivity index (χ2v) is 9.27. The van der Waals surface area contributed by atoms with E-state index in [0.717, 1.165) is 22.3 Å². The van der Waals surface area contributed by atoms with Gasteiger partial charge >= 0.3 is 11.9 Å². The minimum Gasteiger partial charge on any atom is -0.472 e. The fourth-order valence-corrected chi connectivity index (χ4v) is 5.43. The summed E-state index contributed by atoms with van der Waals surface area (Å²) >= 11 is 0. The summed E-state index contributed by atoms with van der Waals surface area (Å²) in [4.78, 5) is 24.0. The summed E-state index contributed by atoms with van der Waals surface area (Å²) in [5.41, 5.74) is 1.18. The van der Waals surface area contributed by atoms with Crippen LogP contribution in [0.5, 0.6) is 23.0 Å². The van der Waals surface area contributed by atoms with Gasteiger partial charge in [-0.3, -0.25) is 9.59 Å². The molecule has 0 amide bonds. The maximum atomic E-state index is 12.0. The van der Waals surface area contributed by atoms with E-state index >= 15 is 0 Å². The molecule has 2 aliphatic rings. The van der Waals surface area contributed by atoms with Gasteiger partial charge in [0, 0.05) is 47.2 Å². The average molecular weight is 507 g/mol. The van der Waals surface area contributed by atoms with Crippen molar-refractivity contribution in [2.45, 2.75) is 37.9 Å². The molecule has 4 aromatic rings. The molecule has 0 fully saturated rings. The Kier molecular flexibility index (Phi) is 5.68. The second-order valence-electron chi connectivity index (χ2n) is 9.27. The standard InChI is InChI=1S/C32H26O6/c1-3-29(33)35-23-15-17-25-27(19-23)37-32(22-13-9-6-10-14-22)26-18-16-24(36-30(34)4-2)20-28(26)38-31(25,32)21-11-7-5-8-12-21/h5-20H,3-4H2,1-2H3. The van der Waals surface area contributed by atoms with Crippen LogP contribution < -0.4 is 18.9 Å². The molecule has 6 rings (SSSR count). The Morgan fingerprint density at radius 1 is 0.605 bits per heavy atom. The number of carbonyl (C=O) groups is 2. The van der Waals surface area contributed by atoms with Gasteiger partial charge in [-0.2, -0.15) is 0 Å². The molecule has 0 radical (unpaired) electrons. The van der Waals surface area contributed by atoms with E-state index in [4.69, 9.17) is 18.9 Å². The fraction of sp³-hybridized carbons (Fsp3) is 0.188. The molecule has 0 aliphatic carbocycles. The van der Waals surface area contributed by atoms with Crippen LogP contribution in [0.1, 0.15) is 48.9 Å². The molecule has 38 heavy (non-hydrogen) atoms. The summed E-state index contributed by atoms with van der Waals surface area (Å²) in [5, 5.41) is 0. The van der Waals surface area contributed by atoms with Crippen molar-refractivity contribution in [2.24, 2.45) is 0 Å². The number of hydrogen-bond donors (Lipinski definition) is 0. The fourth-order valence-electron chi connectivity index (χ4n) is 5.43. The van der Waals surface area contributed by atoms with Crippen molar-refractivity contribution in [3.05, 3.63) is 119 Å². The Morgan fingerprint density at radius 3 is 1.37 bits per heavy atom. The van der Waals surface area contributed by atoms with E-state index in [1.165, 1.54) is 0 Å². The van der Waals surface area contributed by atoms with Gasteiger partial charge in [0.05, 0.1) is 0 Å². The van der Waals surface area contributed by atoms with Gasteiger partial charge < -0.3 is 18.9 Å². The van der Waals surface area contributed by atoms with Crippen LogP contribution in [0, 0.1) is 0 Å². The van der Waals surface area contributed by atoms with Crippen LogP contribution in [0.15, 0.2) is 97.1 Å². The maximum Gasteiger partial charge on any atom is 0.310 e. The third-order valence-corrected chi connectivity index (χ3v) is 7.09. The monoisotopic (exact) mass is 506 g/mol. The number of ether oxygens (including phenoxy) is 4. The molecule has 0 spiro atoms. The first-order valence-corrected chi connectivity index (χ1v) is 12.7. The minimum atomic E-state index is -1.10. The largest absolute Gasteiger partial charge is 0.472 e. The van der Waals surface area contributed by atoms with Gasteiger partial charge in [0.2, 0.25) is 11.2 Å². The highest BCUT2D eigenvalue weighted by Crippen LogP contribution is 2.67. The molecule has 190 valence electrons. The highest BCUT2D eigenvalue weighted by atomic mass is 16.6. The molecule has 0 aromatic heterocycles. The zero-order chi connectivity index (χ0) is 26.3. The van der Waals surface area contributed by atoms with E-state index in [-0.39, 0.29) is 24.8 Å². The van der Waals surface area contributed by atoms with E-state index in [1.807, 2.05) is 72.8 Å². The van der Waals surface area contributed by atoms with E-state index in [1.54, 1.807) is 38.1 Å². The first kappa shape index (κ1) is 23.8. The summed E-state index contributed by atoms with van der Waals surface area (Å²) < 4.78 is 25.0. The highest BCUT2D eigenvalue weighted by molar-refractivity contribution is 5.74. The van der Waals surface area contributed by atoms with Crippen molar-refractivity contribution < 1.29 is 28.5 Å². The summed E-state index contributed by atoms with van der Waals surface area (Å²) in [6.45, 7) is 3.50. The lowest BCUT2D eigenvalue weighted by Gasteiger charge is -2.38. The van der Waals surface area contributed by atoms with Crippen molar-refractivity contribution in [3.63, 3.8) is 0 Å². The third kappa shape index (κ3) is 3.40. The van der Waals surface area contributed by atoms with Gasteiger partial charge in [0.15, 0.2) is 0 Å². The van der Waals surface area contributed by atoms with Crippen LogP contribution >= 0.6 is 0 Å². The molecule has 2 atom stereocenters. The van der Waals surface area contributed by atoms with Crippen molar-refractivity contribution in [1.29, 1.82) is 0 Å². The van der Waals surface area contributed by atoms with Crippen molar-refractivity contribution in [2.75, 3.05) is 0 Å². The predicted molar refractivity (Wildman–Crippen MR) is 140 cm³/mol. The number of fused-ring (bicyclic) bond motifs is 5. The zero-order valence-corrected chi connectivity index (χ0v) is 21.1. The minimum absolute atomic E-state index is 0.265. The predicted octanol–water partition coefficient (Wildman–Crippen LogP) is 6.29. The number of rotatable bonds is 6. The highest BCUT2D eigenvalue weighted by Gasteiger charge is 2.70. The van der Waals surface area contributed by atoms with E-state index in [0.29, 0.717) is 23.0 Å². The molecule has 2 unspecified atom stereocenters. The molecule has 4 aromatic carbocycles. The molecule has 2 heterocycles. The molecule has 2 aliphatic heterocycles. The molecular weight excluding hydrogens is 480 g/mol. The molecule has 6 heteroatoms. The molecule has 0 bridgehead atoms. The van der Waals surface area contributed by atoms with E-state index in [9.17, 15) is 9.59 Å². The molecular formula is C32H26O6. The van der Waals surface area contributed by atoms with Crippen molar-refractivity contribution >= 4 is 11.9 Å². The lowest BCUT2D eigenvalue weighted by Crippen LogP contribution is -2.49. The third-order valence-electron chi connectivity index (χ3n) is 7.09. The Hall–Kier alpha value is -4.58. The van der Waals surface area contributed by atoms with Crippen LogP contribution in [0.3, 0.4) is 0 Å². The Morgan fingerprint density at radius 2 is 1.00 bits per heavy atom. The lowest BCUT2D eigenvalue weighted by molar-refractivity contribution is -0.134. The summed E-state index contributed by atoms with van der Waals surface area (Å²) in [7, 11) is 0. The van der Waals surface area contributed by atoms with Crippen LogP contribution in [-0.4, -0.2) is 11.9 Å². The summed E-state index contributed by atoms with van der Waals surface area (Å²) in [5.74, 6) is 1.29. The topological polar surface area (TPSA) is 71.1 Å². The zero-order valence-electron chi connectivity index (χ0n) is 21.1. The van der Waals surface area contributed by atoms with Gasteiger partial charge in [-0.15, -0.1) is 0 Å². The van der Waals surface area contributed by atoms with Gasteiger partial charge in [-0.05, 0) is 24.3 Å². The normalized spacial score (nSPS) is 20.4. The van der Waals surface area contributed by atoms with Gasteiger partial charge in [-0.1, -0.05) is 74.5 Å². The lowest BCUT2D eigenvalue weighted by atomic mass is 9.69. The Bertz CT molecular complexity index is 1410. The second kappa shape index (κ2) is 9.06.